The first kappa shape index (κ1) is 9.71. The molecule has 0 unspecified atom stereocenters. The van der Waals surface area contributed by atoms with Crippen LogP contribution in [-0.4, -0.2) is 30.0 Å². The van der Waals surface area contributed by atoms with Gasteiger partial charge in [-0.3, -0.25) is 4.99 Å². The van der Waals surface area contributed by atoms with E-state index in [1.54, 1.807) is 12.1 Å². The van der Waals surface area contributed by atoms with Crippen LogP contribution in [0.3, 0.4) is 0 Å². The Kier molecular flexibility index (Phi) is 2.41. The average molecular weight is 204 g/mol. The van der Waals surface area contributed by atoms with Gasteiger partial charge in [0.2, 0.25) is 0 Å². The molecule has 0 bridgehead atoms. The summed E-state index contributed by atoms with van der Waals surface area (Å²) in [5.74, 6) is 0.0893. The van der Waals surface area contributed by atoms with Gasteiger partial charge >= 0.3 is 5.97 Å². The van der Waals surface area contributed by atoms with Crippen LogP contribution in [-0.2, 0) is 0 Å². The van der Waals surface area contributed by atoms with Gasteiger partial charge in [0, 0.05) is 12.2 Å². The number of carbonyl (C=O) groups is 1. The van der Waals surface area contributed by atoms with Crippen molar-refractivity contribution in [2.45, 2.75) is 6.92 Å². The predicted molar refractivity (Wildman–Crippen MR) is 58.7 cm³/mol. The zero-order valence-corrected chi connectivity index (χ0v) is 8.47. The molecular weight excluding hydrogens is 192 g/mol. The summed E-state index contributed by atoms with van der Waals surface area (Å²) >= 11 is 0. The summed E-state index contributed by atoms with van der Waals surface area (Å²) < 4.78 is 0. The van der Waals surface area contributed by atoms with Crippen LogP contribution in [0.4, 0.5) is 5.69 Å². The fraction of sp³-hybridized carbons (Fsp3) is 0.273. The van der Waals surface area contributed by atoms with Gasteiger partial charge in [-0.1, -0.05) is 0 Å². The van der Waals surface area contributed by atoms with Crippen molar-refractivity contribution in [2.75, 3.05) is 18.0 Å². The second kappa shape index (κ2) is 3.73. The highest BCUT2D eigenvalue weighted by Crippen LogP contribution is 2.18. The van der Waals surface area contributed by atoms with Gasteiger partial charge in [0.05, 0.1) is 12.1 Å². The Morgan fingerprint density at radius 2 is 2.07 bits per heavy atom. The van der Waals surface area contributed by atoms with Crippen molar-refractivity contribution in [1.29, 1.82) is 0 Å². The largest absolute Gasteiger partial charge is 0.478 e. The molecule has 0 atom stereocenters. The zero-order chi connectivity index (χ0) is 10.8. The summed E-state index contributed by atoms with van der Waals surface area (Å²) in [7, 11) is 0. The van der Waals surface area contributed by atoms with Crippen molar-refractivity contribution in [3.63, 3.8) is 0 Å². The quantitative estimate of drug-likeness (QED) is 0.796. The highest BCUT2D eigenvalue weighted by Gasteiger charge is 2.14. The minimum Gasteiger partial charge on any atom is -0.478 e. The zero-order valence-electron chi connectivity index (χ0n) is 8.47. The molecule has 4 nitrogen and oxygen atoms in total. The summed E-state index contributed by atoms with van der Waals surface area (Å²) in [6.07, 6.45) is 0. The number of hydrogen-bond donors (Lipinski definition) is 1. The van der Waals surface area contributed by atoms with Gasteiger partial charge in [-0.15, -0.1) is 0 Å². The van der Waals surface area contributed by atoms with Gasteiger partial charge in [-0.25, -0.2) is 4.79 Å². The van der Waals surface area contributed by atoms with Crippen molar-refractivity contribution in [2.24, 2.45) is 4.99 Å². The first-order valence-electron chi connectivity index (χ1n) is 4.80. The standard InChI is InChI=1S/C11H12N2O2/c1-8-12-6-7-13(8)10-4-2-9(3-5-10)11(14)15/h2-5H,6-7H2,1H3,(H,14,15). The number of rotatable bonds is 2. The Morgan fingerprint density at radius 3 is 2.53 bits per heavy atom. The smallest absolute Gasteiger partial charge is 0.335 e. The number of carboxylic acids is 1. The maximum atomic E-state index is 10.7. The van der Waals surface area contributed by atoms with E-state index in [-0.39, 0.29) is 0 Å². The van der Waals surface area contributed by atoms with Crippen molar-refractivity contribution >= 4 is 17.5 Å². The number of aromatic carboxylic acids is 1. The first-order chi connectivity index (χ1) is 7.18. The van der Waals surface area contributed by atoms with Gasteiger partial charge in [0.1, 0.15) is 5.84 Å². The summed E-state index contributed by atoms with van der Waals surface area (Å²) in [6, 6.07) is 6.86. The lowest BCUT2D eigenvalue weighted by Crippen LogP contribution is -2.24. The third-order valence-corrected chi connectivity index (χ3v) is 2.48. The monoisotopic (exact) mass is 204 g/mol. The Balaban J connectivity index is 2.24. The van der Waals surface area contributed by atoms with E-state index in [0.717, 1.165) is 24.6 Å². The molecule has 0 radical (unpaired) electrons. The molecule has 1 aliphatic rings. The summed E-state index contributed by atoms with van der Waals surface area (Å²) in [4.78, 5) is 17.0. The number of carboxylic acid groups (broad SMARTS) is 1. The molecule has 0 spiro atoms. The number of amidine groups is 1. The van der Waals surface area contributed by atoms with Crippen LogP contribution < -0.4 is 4.90 Å². The van der Waals surface area contributed by atoms with Crippen LogP contribution >= 0.6 is 0 Å². The van der Waals surface area contributed by atoms with E-state index >= 15 is 0 Å². The number of aliphatic imine (C=N–C) groups is 1. The lowest BCUT2D eigenvalue weighted by molar-refractivity contribution is 0.0697. The predicted octanol–water partition coefficient (Wildman–Crippen LogP) is 1.62. The van der Waals surface area contributed by atoms with E-state index in [2.05, 4.69) is 9.89 Å². The molecule has 1 N–H and O–H groups in total. The van der Waals surface area contributed by atoms with Crippen LogP contribution in [0.15, 0.2) is 29.3 Å². The molecule has 1 aliphatic heterocycles. The minimum atomic E-state index is -0.895. The molecule has 0 aliphatic carbocycles. The van der Waals surface area contributed by atoms with Gasteiger partial charge < -0.3 is 10.0 Å². The number of nitrogens with zero attached hydrogens (tertiary/aromatic N) is 2. The molecule has 1 aromatic rings. The Labute approximate surface area is 87.9 Å². The Bertz CT molecular complexity index is 409. The van der Waals surface area contributed by atoms with Crippen LogP contribution in [0, 0.1) is 0 Å². The maximum absolute atomic E-state index is 10.7. The van der Waals surface area contributed by atoms with Crippen LogP contribution in [0.5, 0.6) is 0 Å². The molecule has 1 heterocycles. The molecule has 1 aromatic carbocycles. The lowest BCUT2D eigenvalue weighted by atomic mass is 10.2. The molecule has 78 valence electrons. The van der Waals surface area contributed by atoms with E-state index in [1.165, 1.54) is 0 Å². The van der Waals surface area contributed by atoms with Gasteiger partial charge in [-0.05, 0) is 31.2 Å². The maximum Gasteiger partial charge on any atom is 0.335 e. The molecular formula is C11H12N2O2. The van der Waals surface area contributed by atoms with E-state index in [9.17, 15) is 4.79 Å². The van der Waals surface area contributed by atoms with E-state index in [1.807, 2.05) is 19.1 Å². The fourth-order valence-electron chi connectivity index (χ4n) is 1.66. The molecule has 0 saturated carbocycles. The van der Waals surface area contributed by atoms with Crippen molar-refractivity contribution < 1.29 is 9.90 Å². The molecule has 0 amide bonds. The average Bonchev–Trinajstić information content (AvgIpc) is 2.65. The second-order valence-corrected chi connectivity index (χ2v) is 3.43. The SMILES string of the molecule is CC1=NCCN1c1ccc(C(=O)O)cc1. The highest BCUT2D eigenvalue weighted by molar-refractivity contribution is 5.98. The van der Waals surface area contributed by atoms with Gasteiger partial charge in [0.15, 0.2) is 0 Å². The second-order valence-electron chi connectivity index (χ2n) is 3.43. The first-order valence-corrected chi connectivity index (χ1v) is 4.80. The number of hydrogen-bond acceptors (Lipinski definition) is 3. The molecule has 4 heteroatoms. The summed E-state index contributed by atoms with van der Waals surface area (Å²) in [5.41, 5.74) is 1.31. The molecule has 2 rings (SSSR count). The van der Waals surface area contributed by atoms with Gasteiger partial charge in [0.25, 0.3) is 0 Å². The molecule has 15 heavy (non-hydrogen) atoms. The molecule has 0 fully saturated rings. The van der Waals surface area contributed by atoms with Gasteiger partial charge in [-0.2, -0.15) is 0 Å². The fourth-order valence-corrected chi connectivity index (χ4v) is 1.66. The third-order valence-electron chi connectivity index (χ3n) is 2.48. The Hall–Kier alpha value is -1.84. The number of benzene rings is 1. The van der Waals surface area contributed by atoms with E-state index in [4.69, 9.17) is 5.11 Å². The van der Waals surface area contributed by atoms with Crippen molar-refractivity contribution in [3.8, 4) is 0 Å². The summed E-state index contributed by atoms with van der Waals surface area (Å²) in [6.45, 7) is 3.64. The third kappa shape index (κ3) is 1.83. The Morgan fingerprint density at radius 1 is 1.40 bits per heavy atom. The number of anilines is 1. The van der Waals surface area contributed by atoms with E-state index < -0.39 is 5.97 Å². The van der Waals surface area contributed by atoms with Crippen LogP contribution in [0.1, 0.15) is 17.3 Å². The minimum absolute atomic E-state index is 0.313. The molecule has 0 saturated heterocycles. The highest BCUT2D eigenvalue weighted by atomic mass is 16.4. The van der Waals surface area contributed by atoms with Crippen LogP contribution in [0.2, 0.25) is 0 Å². The molecule has 0 aromatic heterocycles. The lowest BCUT2D eigenvalue weighted by Gasteiger charge is -2.17. The van der Waals surface area contributed by atoms with Crippen LogP contribution in [0.25, 0.3) is 0 Å². The topological polar surface area (TPSA) is 52.9 Å². The summed E-state index contributed by atoms with van der Waals surface area (Å²) in [5, 5.41) is 8.76. The van der Waals surface area contributed by atoms with Crippen molar-refractivity contribution in [3.05, 3.63) is 29.8 Å². The van der Waals surface area contributed by atoms with Crippen molar-refractivity contribution in [1.82, 2.24) is 0 Å². The normalized spacial score (nSPS) is 15.3. The van der Waals surface area contributed by atoms with E-state index in [0.29, 0.717) is 5.56 Å².